The maximum Gasteiger partial charge on any atom is 0.316 e. The predicted molar refractivity (Wildman–Crippen MR) is 91.8 cm³/mol. The fourth-order valence-electron chi connectivity index (χ4n) is 3.57. The van der Waals surface area contributed by atoms with Crippen LogP contribution < -0.4 is 9.47 Å². The summed E-state index contributed by atoms with van der Waals surface area (Å²) in [5, 5.41) is 0. The molecule has 1 fully saturated rings. The molecule has 2 atom stereocenters. The van der Waals surface area contributed by atoms with Gasteiger partial charge in [-0.1, -0.05) is 30.3 Å². The second-order valence-electron chi connectivity index (χ2n) is 6.15. The van der Waals surface area contributed by atoms with Crippen molar-refractivity contribution < 1.29 is 19.0 Å². The van der Waals surface area contributed by atoms with Gasteiger partial charge >= 0.3 is 5.97 Å². The molecule has 126 valence electrons. The van der Waals surface area contributed by atoms with Crippen molar-refractivity contribution in [3.8, 4) is 11.5 Å². The third-order valence-corrected chi connectivity index (χ3v) is 4.97. The summed E-state index contributed by atoms with van der Waals surface area (Å²) in [6.07, 6.45) is 0.736. The number of aryl methyl sites for hydroxylation is 1. The lowest BCUT2D eigenvalue weighted by Crippen LogP contribution is -2.24. The van der Waals surface area contributed by atoms with E-state index in [1.54, 1.807) is 14.2 Å². The van der Waals surface area contributed by atoms with Gasteiger partial charge < -0.3 is 14.2 Å². The third-order valence-electron chi connectivity index (χ3n) is 4.97. The molecule has 1 aliphatic rings. The number of hydrogen-bond acceptors (Lipinski definition) is 4. The van der Waals surface area contributed by atoms with E-state index in [1.165, 1.54) is 18.2 Å². The van der Waals surface area contributed by atoms with Crippen LogP contribution in [0, 0.1) is 6.92 Å². The summed E-state index contributed by atoms with van der Waals surface area (Å²) in [5.74, 6) is 1.18. The van der Waals surface area contributed by atoms with Crippen LogP contribution >= 0.6 is 0 Å². The topological polar surface area (TPSA) is 44.8 Å². The third kappa shape index (κ3) is 2.42. The highest BCUT2D eigenvalue weighted by Gasteiger charge is 2.63. The highest BCUT2D eigenvalue weighted by atomic mass is 16.5. The van der Waals surface area contributed by atoms with E-state index in [9.17, 15) is 4.79 Å². The minimum Gasteiger partial charge on any atom is -0.493 e. The van der Waals surface area contributed by atoms with Gasteiger partial charge in [0, 0.05) is 5.92 Å². The number of carbonyl (C=O) groups is 1. The number of methoxy groups -OCH3 is 3. The monoisotopic (exact) mass is 326 g/mol. The molecule has 0 saturated heterocycles. The lowest BCUT2D eigenvalue weighted by molar-refractivity contribution is -0.143. The Hall–Kier alpha value is -2.49. The summed E-state index contributed by atoms with van der Waals surface area (Å²) in [7, 11) is 4.64. The van der Waals surface area contributed by atoms with Crippen molar-refractivity contribution in [2.75, 3.05) is 21.3 Å². The molecule has 0 spiro atoms. The largest absolute Gasteiger partial charge is 0.493 e. The van der Waals surface area contributed by atoms with E-state index in [2.05, 4.69) is 19.1 Å². The Balaban J connectivity index is 2.07. The zero-order valence-corrected chi connectivity index (χ0v) is 14.5. The molecule has 0 unspecified atom stereocenters. The van der Waals surface area contributed by atoms with Crippen LogP contribution in [0.1, 0.15) is 29.0 Å². The van der Waals surface area contributed by atoms with E-state index in [1.807, 2.05) is 30.3 Å². The van der Waals surface area contributed by atoms with Crippen LogP contribution in [-0.2, 0) is 14.9 Å². The minimum absolute atomic E-state index is 0.115. The lowest BCUT2D eigenvalue weighted by atomic mass is 9.89. The molecule has 0 N–H and O–H groups in total. The van der Waals surface area contributed by atoms with Gasteiger partial charge in [0.1, 0.15) is 5.41 Å². The van der Waals surface area contributed by atoms with Crippen molar-refractivity contribution in [3.63, 3.8) is 0 Å². The summed E-state index contributed by atoms with van der Waals surface area (Å²) >= 11 is 0. The molecular weight excluding hydrogens is 304 g/mol. The first kappa shape index (κ1) is 16.4. The van der Waals surface area contributed by atoms with Gasteiger partial charge in [0.25, 0.3) is 0 Å². The van der Waals surface area contributed by atoms with Crippen molar-refractivity contribution in [2.45, 2.75) is 24.7 Å². The maximum atomic E-state index is 12.7. The fraction of sp³-hybridized carbons (Fsp3) is 0.350. The molecule has 2 aromatic rings. The Kier molecular flexibility index (Phi) is 4.22. The zero-order valence-electron chi connectivity index (χ0n) is 14.5. The van der Waals surface area contributed by atoms with Crippen LogP contribution in [0.3, 0.4) is 0 Å². The standard InChI is InChI=1S/C20H22O4/c1-13-7-5-6-8-15(13)16-12-20(16,19(21)24-4)14-9-10-17(22-2)18(11-14)23-3/h5-11,16H,12H2,1-4H3/t16-,20-/m1/s1. The molecule has 1 aliphatic carbocycles. The van der Waals surface area contributed by atoms with E-state index in [4.69, 9.17) is 14.2 Å². The Morgan fingerprint density at radius 1 is 1.04 bits per heavy atom. The molecule has 0 aromatic heterocycles. The van der Waals surface area contributed by atoms with Crippen LogP contribution in [0.2, 0.25) is 0 Å². The second-order valence-corrected chi connectivity index (χ2v) is 6.15. The number of ether oxygens (including phenoxy) is 3. The van der Waals surface area contributed by atoms with E-state index in [0.29, 0.717) is 11.5 Å². The zero-order chi connectivity index (χ0) is 17.3. The van der Waals surface area contributed by atoms with Crippen molar-refractivity contribution >= 4 is 5.97 Å². The van der Waals surface area contributed by atoms with Gasteiger partial charge in [-0.2, -0.15) is 0 Å². The average molecular weight is 326 g/mol. The first-order valence-electron chi connectivity index (χ1n) is 7.95. The highest BCUT2D eigenvalue weighted by Crippen LogP contribution is 2.62. The molecule has 0 radical (unpaired) electrons. The Bertz CT molecular complexity index is 768. The molecule has 0 heterocycles. The number of rotatable bonds is 5. The molecule has 0 bridgehead atoms. The van der Waals surface area contributed by atoms with Gasteiger partial charge in [-0.15, -0.1) is 0 Å². The Morgan fingerprint density at radius 3 is 2.38 bits per heavy atom. The SMILES string of the molecule is COC(=O)[C@@]1(c2ccc(OC)c(OC)c2)C[C@@H]1c1ccccc1C. The number of benzene rings is 2. The Morgan fingerprint density at radius 2 is 1.75 bits per heavy atom. The first-order valence-corrected chi connectivity index (χ1v) is 7.95. The minimum atomic E-state index is -0.652. The molecule has 0 amide bonds. The Labute approximate surface area is 142 Å². The van der Waals surface area contributed by atoms with Crippen molar-refractivity contribution in [3.05, 3.63) is 59.2 Å². The predicted octanol–water partition coefficient (Wildman–Crippen LogP) is 3.61. The average Bonchev–Trinajstić information content (AvgIpc) is 3.37. The second kappa shape index (κ2) is 6.19. The summed E-state index contributed by atoms with van der Waals surface area (Å²) in [4.78, 5) is 12.7. The maximum absolute atomic E-state index is 12.7. The molecule has 0 aliphatic heterocycles. The van der Waals surface area contributed by atoms with Gasteiger partial charge in [-0.05, 0) is 42.2 Å². The summed E-state index contributed by atoms with van der Waals surface area (Å²) in [5.41, 5.74) is 2.63. The number of carbonyl (C=O) groups excluding carboxylic acids is 1. The van der Waals surface area contributed by atoms with Crippen LogP contribution in [0.25, 0.3) is 0 Å². The highest BCUT2D eigenvalue weighted by molar-refractivity contribution is 5.89. The molecule has 1 saturated carbocycles. The van der Waals surface area contributed by atoms with Crippen molar-refractivity contribution in [1.82, 2.24) is 0 Å². The van der Waals surface area contributed by atoms with Crippen LogP contribution in [0.15, 0.2) is 42.5 Å². The fourth-order valence-corrected chi connectivity index (χ4v) is 3.57. The quantitative estimate of drug-likeness (QED) is 0.787. The van der Waals surface area contributed by atoms with Gasteiger partial charge in [-0.25, -0.2) is 0 Å². The normalized spacial score (nSPS) is 21.9. The lowest BCUT2D eigenvalue weighted by Gasteiger charge is -2.18. The summed E-state index contributed by atoms with van der Waals surface area (Å²) < 4.78 is 15.8. The van der Waals surface area contributed by atoms with Crippen LogP contribution in [-0.4, -0.2) is 27.3 Å². The molecule has 3 rings (SSSR count). The van der Waals surface area contributed by atoms with E-state index in [0.717, 1.165) is 12.0 Å². The van der Waals surface area contributed by atoms with Crippen LogP contribution in [0.5, 0.6) is 11.5 Å². The van der Waals surface area contributed by atoms with E-state index in [-0.39, 0.29) is 11.9 Å². The molecule has 24 heavy (non-hydrogen) atoms. The van der Waals surface area contributed by atoms with Gasteiger partial charge in [-0.3, -0.25) is 4.79 Å². The summed E-state index contributed by atoms with van der Waals surface area (Å²) in [6, 6.07) is 13.8. The van der Waals surface area contributed by atoms with E-state index < -0.39 is 5.41 Å². The van der Waals surface area contributed by atoms with Gasteiger partial charge in [0.05, 0.1) is 21.3 Å². The van der Waals surface area contributed by atoms with Gasteiger partial charge in [0.2, 0.25) is 0 Å². The first-order chi connectivity index (χ1) is 11.6. The molecule has 4 heteroatoms. The smallest absolute Gasteiger partial charge is 0.316 e. The number of hydrogen-bond donors (Lipinski definition) is 0. The van der Waals surface area contributed by atoms with Crippen molar-refractivity contribution in [1.29, 1.82) is 0 Å². The molecule has 4 nitrogen and oxygen atoms in total. The van der Waals surface area contributed by atoms with Crippen molar-refractivity contribution in [2.24, 2.45) is 0 Å². The number of esters is 1. The van der Waals surface area contributed by atoms with E-state index >= 15 is 0 Å². The van der Waals surface area contributed by atoms with Gasteiger partial charge in [0.15, 0.2) is 11.5 Å². The van der Waals surface area contributed by atoms with Crippen LogP contribution in [0.4, 0.5) is 0 Å². The molecular formula is C20H22O4. The molecule has 2 aromatic carbocycles. The summed E-state index contributed by atoms with van der Waals surface area (Å²) in [6.45, 7) is 2.07.